The molecule has 4 heterocycles. The van der Waals surface area contributed by atoms with Crippen LogP contribution in [0.3, 0.4) is 0 Å². The molecule has 7 nitrogen and oxygen atoms in total. The molecule has 2 N–H and O–H groups in total. The summed E-state index contributed by atoms with van der Waals surface area (Å²) < 4.78 is 1.77. The molecule has 0 bridgehead atoms. The van der Waals surface area contributed by atoms with Crippen molar-refractivity contribution in [1.82, 2.24) is 14.5 Å². The molecule has 0 radical (unpaired) electrons. The number of nitrogens with one attached hydrogen (secondary N) is 2. The van der Waals surface area contributed by atoms with E-state index >= 15 is 0 Å². The molecule has 208 valence electrons. The Morgan fingerprint density at radius 2 is 1.83 bits per heavy atom. The standard InChI is InChI=1S/C34H35N5O2/c40-32(11-5-6-18-38-19-17-27-26-7-1-3-9-29(26)36-31(27)22-38)35-25-14-12-23(13-15-25)21-24-16-20-39-33(24)37-30-10-4-2-8-28(30)34(39)41/h1-4,7-10,12-15,21,27,31,36H,5-6,11,16-20,22H2,(H,35,40)/b24-21+. The van der Waals surface area contributed by atoms with E-state index in [1.165, 1.54) is 17.7 Å². The van der Waals surface area contributed by atoms with E-state index in [-0.39, 0.29) is 11.5 Å². The van der Waals surface area contributed by atoms with E-state index in [9.17, 15) is 9.59 Å². The number of hydrogen-bond acceptors (Lipinski definition) is 5. The maximum Gasteiger partial charge on any atom is 0.261 e. The van der Waals surface area contributed by atoms with E-state index in [0.29, 0.717) is 30.3 Å². The third-order valence-corrected chi connectivity index (χ3v) is 8.82. The van der Waals surface area contributed by atoms with Gasteiger partial charge in [-0.05, 0) is 91.9 Å². The Morgan fingerprint density at radius 1 is 1.00 bits per heavy atom. The van der Waals surface area contributed by atoms with Crippen LogP contribution in [0.25, 0.3) is 22.6 Å². The van der Waals surface area contributed by atoms with Gasteiger partial charge in [-0.15, -0.1) is 0 Å². The summed E-state index contributed by atoms with van der Waals surface area (Å²) in [5.41, 5.74) is 6.42. The Kier molecular flexibility index (Phi) is 6.88. The highest BCUT2D eigenvalue weighted by molar-refractivity contribution is 5.91. The largest absolute Gasteiger partial charge is 0.380 e. The van der Waals surface area contributed by atoms with Gasteiger partial charge in [-0.25, -0.2) is 4.98 Å². The van der Waals surface area contributed by atoms with E-state index < -0.39 is 0 Å². The molecule has 1 saturated heterocycles. The number of para-hydroxylation sites is 2. The Labute approximate surface area is 239 Å². The minimum Gasteiger partial charge on any atom is -0.380 e. The summed E-state index contributed by atoms with van der Waals surface area (Å²) >= 11 is 0. The lowest BCUT2D eigenvalue weighted by atomic mass is 9.88. The molecule has 7 rings (SSSR count). The molecular formula is C34H35N5O2. The number of allylic oxidation sites excluding steroid dienone is 1. The van der Waals surface area contributed by atoms with E-state index in [1.807, 2.05) is 48.5 Å². The van der Waals surface area contributed by atoms with E-state index in [2.05, 4.69) is 45.9 Å². The maximum absolute atomic E-state index is 12.9. The summed E-state index contributed by atoms with van der Waals surface area (Å²) in [6.07, 6.45) is 6.50. The van der Waals surface area contributed by atoms with Crippen molar-refractivity contribution in [2.75, 3.05) is 30.3 Å². The van der Waals surface area contributed by atoms with Crippen molar-refractivity contribution in [2.24, 2.45) is 0 Å². The lowest BCUT2D eigenvalue weighted by Crippen LogP contribution is -2.44. The molecule has 1 amide bonds. The third-order valence-electron chi connectivity index (χ3n) is 8.82. The van der Waals surface area contributed by atoms with Gasteiger partial charge in [0.25, 0.3) is 5.56 Å². The van der Waals surface area contributed by atoms with Crippen molar-refractivity contribution in [1.29, 1.82) is 0 Å². The third kappa shape index (κ3) is 5.18. The van der Waals surface area contributed by atoms with Gasteiger partial charge in [0.1, 0.15) is 5.82 Å². The van der Waals surface area contributed by atoms with Crippen molar-refractivity contribution >= 4 is 39.8 Å². The molecule has 3 aliphatic rings. The van der Waals surface area contributed by atoms with Crippen LogP contribution in [0, 0.1) is 0 Å². The fraction of sp³-hybridized carbons (Fsp3) is 0.324. The van der Waals surface area contributed by atoms with Crippen LogP contribution in [0.2, 0.25) is 0 Å². The molecule has 1 fully saturated rings. The van der Waals surface area contributed by atoms with Gasteiger partial charge in [0.2, 0.25) is 5.91 Å². The van der Waals surface area contributed by atoms with Gasteiger partial charge in [0, 0.05) is 42.8 Å². The maximum atomic E-state index is 12.9. The van der Waals surface area contributed by atoms with Crippen molar-refractivity contribution < 1.29 is 4.79 Å². The number of hydrogen-bond donors (Lipinski definition) is 2. The smallest absolute Gasteiger partial charge is 0.261 e. The number of rotatable bonds is 7. The summed E-state index contributed by atoms with van der Waals surface area (Å²) in [6, 6.07) is 24.6. The zero-order valence-corrected chi connectivity index (χ0v) is 23.2. The fourth-order valence-corrected chi connectivity index (χ4v) is 6.70. The monoisotopic (exact) mass is 545 g/mol. The molecule has 41 heavy (non-hydrogen) atoms. The van der Waals surface area contributed by atoms with E-state index in [0.717, 1.165) is 67.1 Å². The van der Waals surface area contributed by atoms with Gasteiger partial charge in [-0.3, -0.25) is 14.2 Å². The summed E-state index contributed by atoms with van der Waals surface area (Å²) in [5.74, 6) is 1.44. The topological polar surface area (TPSA) is 79.3 Å². The number of likely N-dealkylation sites (tertiary alicyclic amines) is 1. The molecule has 3 aromatic carbocycles. The highest BCUT2D eigenvalue weighted by Gasteiger charge is 2.36. The average Bonchev–Trinajstić information content (AvgIpc) is 3.57. The Hall–Kier alpha value is -4.23. The van der Waals surface area contributed by atoms with Crippen LogP contribution in [-0.4, -0.2) is 46.0 Å². The zero-order valence-electron chi connectivity index (χ0n) is 23.2. The molecular weight excluding hydrogens is 510 g/mol. The molecule has 4 aromatic rings. The average molecular weight is 546 g/mol. The van der Waals surface area contributed by atoms with Gasteiger partial charge in [-0.2, -0.15) is 0 Å². The summed E-state index contributed by atoms with van der Waals surface area (Å²) in [5, 5.41) is 7.42. The van der Waals surface area contributed by atoms with Crippen molar-refractivity contribution in [2.45, 2.75) is 50.6 Å². The van der Waals surface area contributed by atoms with E-state index in [4.69, 9.17) is 4.98 Å². The molecule has 3 aliphatic heterocycles. The van der Waals surface area contributed by atoms with E-state index in [1.54, 1.807) is 4.57 Å². The van der Waals surface area contributed by atoms with Crippen LogP contribution < -0.4 is 16.2 Å². The Bertz CT molecular complexity index is 1690. The first kappa shape index (κ1) is 25.7. The highest BCUT2D eigenvalue weighted by atomic mass is 16.1. The first-order valence-electron chi connectivity index (χ1n) is 14.8. The Balaban J connectivity index is 0.888. The van der Waals surface area contributed by atoms with Gasteiger partial charge in [0.15, 0.2) is 0 Å². The number of fused-ring (bicyclic) bond motifs is 5. The summed E-state index contributed by atoms with van der Waals surface area (Å²) in [4.78, 5) is 32.8. The summed E-state index contributed by atoms with van der Waals surface area (Å²) in [6.45, 7) is 3.89. The number of anilines is 2. The van der Waals surface area contributed by atoms with Gasteiger partial charge in [-0.1, -0.05) is 42.5 Å². The lowest BCUT2D eigenvalue weighted by Gasteiger charge is -2.35. The minimum absolute atomic E-state index is 0.0217. The van der Waals surface area contributed by atoms with Crippen molar-refractivity contribution in [3.8, 4) is 0 Å². The molecule has 0 spiro atoms. The second-order valence-corrected chi connectivity index (χ2v) is 11.5. The highest BCUT2D eigenvalue weighted by Crippen LogP contribution is 2.40. The molecule has 7 heteroatoms. The van der Waals surface area contributed by atoms with Crippen LogP contribution in [0.4, 0.5) is 11.4 Å². The zero-order chi connectivity index (χ0) is 27.8. The lowest BCUT2D eigenvalue weighted by molar-refractivity contribution is -0.116. The molecule has 2 atom stereocenters. The van der Waals surface area contributed by atoms with Crippen molar-refractivity contribution in [3.63, 3.8) is 0 Å². The quantitative estimate of drug-likeness (QED) is 0.290. The number of unbranched alkanes of at least 4 members (excludes halogenated alkanes) is 1. The number of carbonyl (C=O) groups is 1. The first-order chi connectivity index (χ1) is 20.1. The van der Waals surface area contributed by atoms with Gasteiger partial charge >= 0.3 is 0 Å². The van der Waals surface area contributed by atoms with Crippen LogP contribution in [0.1, 0.15) is 55.0 Å². The van der Waals surface area contributed by atoms with Crippen LogP contribution >= 0.6 is 0 Å². The number of piperidine rings is 1. The molecule has 2 unspecified atom stereocenters. The SMILES string of the molecule is O=C(CCCCN1CCC2c3ccccc3NC2C1)Nc1ccc(/C=C2\CCn3c2nc2ccccc2c3=O)cc1. The number of carbonyl (C=O) groups excluding carboxylic acids is 1. The number of benzene rings is 3. The number of nitrogens with zero attached hydrogens (tertiary/aromatic N) is 3. The second kappa shape index (κ2) is 11.0. The van der Waals surface area contributed by atoms with Crippen LogP contribution in [0.5, 0.6) is 0 Å². The minimum atomic E-state index is 0.0217. The molecule has 0 saturated carbocycles. The Morgan fingerprint density at radius 3 is 2.73 bits per heavy atom. The van der Waals surface area contributed by atoms with Gasteiger partial charge in [0.05, 0.1) is 10.9 Å². The predicted octanol–water partition coefficient (Wildman–Crippen LogP) is 5.73. The molecule has 0 aliphatic carbocycles. The fourth-order valence-electron chi connectivity index (χ4n) is 6.70. The number of aromatic nitrogens is 2. The second-order valence-electron chi connectivity index (χ2n) is 11.5. The number of amides is 1. The van der Waals surface area contributed by atoms with Crippen LogP contribution in [-0.2, 0) is 11.3 Å². The van der Waals surface area contributed by atoms with Crippen molar-refractivity contribution in [3.05, 3.63) is 100 Å². The predicted molar refractivity (Wildman–Crippen MR) is 165 cm³/mol. The van der Waals surface area contributed by atoms with Gasteiger partial charge < -0.3 is 15.5 Å². The molecule has 1 aromatic heterocycles. The van der Waals surface area contributed by atoms with Crippen LogP contribution in [0.15, 0.2) is 77.6 Å². The summed E-state index contributed by atoms with van der Waals surface area (Å²) in [7, 11) is 0. The first-order valence-corrected chi connectivity index (χ1v) is 14.8. The normalized spacial score (nSPS) is 20.4.